The third-order valence-electron chi connectivity index (χ3n) is 3.68. The van der Waals surface area contributed by atoms with E-state index in [4.69, 9.17) is 0 Å². The molecule has 2 aromatic heterocycles. The third kappa shape index (κ3) is 3.60. The number of nitrogens with one attached hydrogen (secondary N) is 1. The van der Waals surface area contributed by atoms with Crippen LogP contribution in [-0.2, 0) is 11.8 Å². The number of nitrogens with zero attached hydrogens (tertiary/aromatic N) is 3. The maximum Gasteiger partial charge on any atom is 0.271 e. The van der Waals surface area contributed by atoms with Gasteiger partial charge in [-0.3, -0.25) is 24.3 Å². The minimum absolute atomic E-state index is 0.0258. The maximum absolute atomic E-state index is 12.2. The van der Waals surface area contributed by atoms with Crippen LogP contribution < -0.4 is 10.9 Å². The number of hydrogen-bond donors (Lipinski definition) is 1. The molecule has 2 heterocycles. The van der Waals surface area contributed by atoms with E-state index < -0.39 is 4.92 Å². The van der Waals surface area contributed by atoms with Crippen molar-refractivity contribution in [3.05, 3.63) is 55.7 Å². The Morgan fingerprint density at radius 2 is 2.19 bits per heavy atom. The van der Waals surface area contributed by atoms with Gasteiger partial charge in [0.1, 0.15) is 4.70 Å². The molecule has 0 radical (unpaired) electrons. The van der Waals surface area contributed by atoms with Crippen LogP contribution in [0.4, 0.5) is 11.4 Å². The summed E-state index contributed by atoms with van der Waals surface area (Å²) in [6, 6.07) is 6.05. The minimum atomic E-state index is -0.514. The van der Waals surface area contributed by atoms with E-state index in [2.05, 4.69) is 10.3 Å². The van der Waals surface area contributed by atoms with Gasteiger partial charge in [0.2, 0.25) is 5.91 Å². The van der Waals surface area contributed by atoms with Gasteiger partial charge in [-0.15, -0.1) is 11.3 Å². The number of carbonyl (C=O) groups excluding carboxylic acids is 1. The highest BCUT2D eigenvalue weighted by atomic mass is 32.2. The molecule has 1 N–H and O–H groups in total. The molecule has 0 spiro atoms. The Balaban J connectivity index is 1.74. The van der Waals surface area contributed by atoms with Crippen LogP contribution in [0.25, 0.3) is 10.2 Å². The summed E-state index contributed by atoms with van der Waals surface area (Å²) >= 11 is 2.46. The lowest BCUT2D eigenvalue weighted by Gasteiger charge is -2.09. The Morgan fingerprint density at radius 3 is 2.92 bits per heavy atom. The van der Waals surface area contributed by atoms with Gasteiger partial charge in [0.05, 0.1) is 21.9 Å². The van der Waals surface area contributed by atoms with Crippen LogP contribution >= 0.6 is 23.1 Å². The first-order chi connectivity index (χ1) is 12.4. The van der Waals surface area contributed by atoms with Crippen molar-refractivity contribution >= 4 is 50.6 Å². The van der Waals surface area contributed by atoms with Crippen LogP contribution in [-0.4, -0.2) is 26.1 Å². The quantitative estimate of drug-likeness (QED) is 0.311. The fourth-order valence-electron chi connectivity index (χ4n) is 2.27. The smallest absolute Gasteiger partial charge is 0.271 e. The van der Waals surface area contributed by atoms with E-state index in [1.165, 1.54) is 28.0 Å². The Kier molecular flexibility index (Phi) is 5.05. The second-order valence-electron chi connectivity index (χ2n) is 5.49. The normalized spacial score (nSPS) is 10.8. The number of aryl methyl sites for hydroxylation is 1. The molecule has 3 rings (SSSR count). The van der Waals surface area contributed by atoms with Gasteiger partial charge in [0.25, 0.3) is 11.2 Å². The first-order valence-electron chi connectivity index (χ1n) is 7.48. The predicted molar refractivity (Wildman–Crippen MR) is 102 cm³/mol. The van der Waals surface area contributed by atoms with Crippen LogP contribution in [0, 0.1) is 17.0 Å². The zero-order chi connectivity index (χ0) is 18.8. The number of aromatic nitrogens is 2. The van der Waals surface area contributed by atoms with Crippen molar-refractivity contribution < 1.29 is 9.72 Å². The first kappa shape index (κ1) is 18.1. The molecule has 0 unspecified atom stereocenters. The van der Waals surface area contributed by atoms with Gasteiger partial charge in [0, 0.05) is 19.2 Å². The van der Waals surface area contributed by atoms with Gasteiger partial charge in [-0.25, -0.2) is 4.98 Å². The number of anilines is 1. The molecular formula is C16H14N4O4S2. The summed E-state index contributed by atoms with van der Waals surface area (Å²) in [5, 5.41) is 15.8. The van der Waals surface area contributed by atoms with Crippen molar-refractivity contribution in [1.82, 2.24) is 9.55 Å². The van der Waals surface area contributed by atoms with Crippen molar-refractivity contribution in [1.29, 1.82) is 0 Å². The summed E-state index contributed by atoms with van der Waals surface area (Å²) in [4.78, 5) is 39.2. The summed E-state index contributed by atoms with van der Waals surface area (Å²) in [7, 11) is 1.61. The number of rotatable bonds is 5. The van der Waals surface area contributed by atoms with Crippen molar-refractivity contribution in [3.8, 4) is 0 Å². The first-order valence-corrected chi connectivity index (χ1v) is 9.35. The summed E-state index contributed by atoms with van der Waals surface area (Å²) < 4.78 is 1.99. The van der Waals surface area contributed by atoms with Gasteiger partial charge in [-0.1, -0.05) is 17.8 Å². The van der Waals surface area contributed by atoms with Gasteiger partial charge in [0.15, 0.2) is 5.16 Å². The molecule has 134 valence electrons. The Morgan fingerprint density at radius 1 is 1.42 bits per heavy atom. The molecule has 0 aliphatic carbocycles. The zero-order valence-electron chi connectivity index (χ0n) is 13.9. The molecule has 0 atom stereocenters. The molecule has 3 aromatic rings. The number of non-ortho nitro benzene ring substituents is 1. The molecule has 26 heavy (non-hydrogen) atoms. The molecular weight excluding hydrogens is 376 g/mol. The number of benzene rings is 1. The van der Waals surface area contributed by atoms with Gasteiger partial charge in [-0.05, 0) is 23.9 Å². The second kappa shape index (κ2) is 7.26. The second-order valence-corrected chi connectivity index (χ2v) is 7.35. The lowest BCUT2D eigenvalue weighted by atomic mass is 10.2. The summed E-state index contributed by atoms with van der Waals surface area (Å²) in [5.74, 6) is -0.309. The van der Waals surface area contributed by atoms with Crippen LogP contribution in [0.15, 0.2) is 39.6 Å². The summed E-state index contributed by atoms with van der Waals surface area (Å²) in [5.41, 5.74) is 1.47. The minimum Gasteiger partial charge on any atom is -0.325 e. The Labute approximate surface area is 156 Å². The zero-order valence-corrected chi connectivity index (χ0v) is 15.5. The highest BCUT2D eigenvalue weighted by Gasteiger charge is 2.14. The number of carbonyl (C=O) groups is 1. The fourth-order valence-corrected chi connectivity index (χ4v) is 3.85. The molecule has 1 aromatic carbocycles. The molecule has 0 aliphatic rings. The number of nitro groups is 1. The number of amides is 1. The third-order valence-corrected chi connectivity index (χ3v) is 5.61. The average Bonchev–Trinajstić information content (AvgIpc) is 3.07. The highest BCUT2D eigenvalue weighted by Crippen LogP contribution is 2.23. The van der Waals surface area contributed by atoms with E-state index >= 15 is 0 Å². The predicted octanol–water partition coefficient (Wildman–Crippen LogP) is 2.94. The van der Waals surface area contributed by atoms with E-state index in [1.54, 1.807) is 31.5 Å². The van der Waals surface area contributed by atoms with E-state index in [0.29, 0.717) is 21.1 Å². The van der Waals surface area contributed by atoms with Crippen molar-refractivity contribution in [2.24, 2.45) is 7.05 Å². The maximum atomic E-state index is 12.2. The van der Waals surface area contributed by atoms with Crippen LogP contribution in [0.3, 0.4) is 0 Å². The molecule has 1 amide bonds. The number of thioether (sulfide) groups is 1. The number of nitro benzene ring substituents is 1. The van der Waals surface area contributed by atoms with E-state index in [-0.39, 0.29) is 22.9 Å². The van der Waals surface area contributed by atoms with Crippen molar-refractivity contribution in [2.45, 2.75) is 12.1 Å². The molecule has 0 saturated carbocycles. The SMILES string of the molecule is Cc1ccc([N+](=O)[O-])cc1NC(=O)CSc1nc2ccsc2c(=O)n1C. The topological polar surface area (TPSA) is 107 Å². The standard InChI is InChI=1S/C16H14N4O4S2/c1-9-3-4-10(20(23)24)7-12(9)17-13(21)8-26-16-18-11-5-6-25-14(11)15(22)19(16)2/h3-7H,8H2,1-2H3,(H,17,21). The summed E-state index contributed by atoms with van der Waals surface area (Å²) in [6.45, 7) is 1.75. The molecule has 8 nitrogen and oxygen atoms in total. The van der Waals surface area contributed by atoms with Crippen molar-refractivity contribution in [3.63, 3.8) is 0 Å². The van der Waals surface area contributed by atoms with Gasteiger partial charge < -0.3 is 5.32 Å². The fraction of sp³-hybridized carbons (Fsp3) is 0.188. The van der Waals surface area contributed by atoms with E-state index in [1.807, 2.05) is 0 Å². The number of fused-ring (bicyclic) bond motifs is 1. The monoisotopic (exact) mass is 390 g/mol. The number of hydrogen-bond acceptors (Lipinski definition) is 7. The molecule has 0 saturated heterocycles. The highest BCUT2D eigenvalue weighted by molar-refractivity contribution is 7.99. The summed E-state index contributed by atoms with van der Waals surface area (Å²) in [6.07, 6.45) is 0. The Hall–Kier alpha value is -2.72. The molecule has 0 aliphatic heterocycles. The van der Waals surface area contributed by atoms with Crippen LogP contribution in [0.1, 0.15) is 5.56 Å². The van der Waals surface area contributed by atoms with E-state index in [0.717, 1.165) is 17.3 Å². The average molecular weight is 390 g/mol. The van der Waals surface area contributed by atoms with Gasteiger partial charge >= 0.3 is 0 Å². The van der Waals surface area contributed by atoms with E-state index in [9.17, 15) is 19.7 Å². The molecule has 10 heteroatoms. The Bertz CT molecular complexity index is 1070. The lowest BCUT2D eigenvalue weighted by Crippen LogP contribution is -2.20. The molecule has 0 bridgehead atoms. The van der Waals surface area contributed by atoms with Crippen molar-refractivity contribution in [2.75, 3.05) is 11.1 Å². The number of thiophene rings is 1. The van der Waals surface area contributed by atoms with Gasteiger partial charge in [-0.2, -0.15) is 0 Å². The lowest BCUT2D eigenvalue weighted by molar-refractivity contribution is -0.384. The van der Waals surface area contributed by atoms with Crippen LogP contribution in [0.5, 0.6) is 0 Å². The largest absolute Gasteiger partial charge is 0.325 e. The van der Waals surface area contributed by atoms with Crippen LogP contribution in [0.2, 0.25) is 0 Å². The molecule has 0 fully saturated rings.